The summed E-state index contributed by atoms with van der Waals surface area (Å²) >= 11 is 0. The number of methoxy groups -OCH3 is 1. The normalized spacial score (nSPS) is 16.3. The average molecular weight is 538 g/mol. The molecule has 1 aliphatic carbocycles. The number of hydrogen-bond donors (Lipinski definition) is 3. The van der Waals surface area contributed by atoms with Crippen LogP contribution in [0.25, 0.3) is 0 Å². The molecule has 0 bridgehead atoms. The summed E-state index contributed by atoms with van der Waals surface area (Å²) in [4.78, 5) is 5.05. The van der Waals surface area contributed by atoms with Gasteiger partial charge in [0.25, 0.3) is 0 Å². The highest BCUT2D eigenvalue weighted by molar-refractivity contribution is 14.0. The van der Waals surface area contributed by atoms with E-state index < -0.39 is 10.0 Å². The molecular formula is C20H35IN4O3S. The van der Waals surface area contributed by atoms with Crippen molar-refractivity contribution >= 4 is 40.0 Å². The van der Waals surface area contributed by atoms with E-state index in [1.807, 2.05) is 6.92 Å². The van der Waals surface area contributed by atoms with Gasteiger partial charge in [-0.25, -0.2) is 13.1 Å². The van der Waals surface area contributed by atoms with Crippen molar-refractivity contribution in [1.29, 1.82) is 0 Å². The molecule has 1 aromatic carbocycles. The molecule has 0 aromatic heterocycles. The molecule has 0 aliphatic heterocycles. The van der Waals surface area contributed by atoms with E-state index in [0.717, 1.165) is 32.1 Å². The van der Waals surface area contributed by atoms with E-state index in [4.69, 9.17) is 9.73 Å². The molecule has 1 aliphatic rings. The van der Waals surface area contributed by atoms with Gasteiger partial charge >= 0.3 is 0 Å². The number of guanidine groups is 1. The molecule has 7 nitrogen and oxygen atoms in total. The van der Waals surface area contributed by atoms with Crippen LogP contribution in [0.15, 0.2) is 40.2 Å². The van der Waals surface area contributed by atoms with Gasteiger partial charge in [0, 0.05) is 39.9 Å². The summed E-state index contributed by atoms with van der Waals surface area (Å²) in [6.45, 7) is 5.06. The Bertz CT molecular complexity index is 708. The van der Waals surface area contributed by atoms with Gasteiger partial charge in [-0.15, -0.1) is 24.0 Å². The van der Waals surface area contributed by atoms with Crippen LogP contribution in [-0.4, -0.2) is 54.3 Å². The molecule has 2 rings (SSSR count). The van der Waals surface area contributed by atoms with Crippen LogP contribution in [0.1, 0.15) is 39.0 Å². The molecule has 1 aromatic rings. The van der Waals surface area contributed by atoms with Crippen molar-refractivity contribution in [2.75, 3.05) is 39.9 Å². The topological polar surface area (TPSA) is 91.8 Å². The first-order valence-electron chi connectivity index (χ1n) is 10.1. The lowest BCUT2D eigenvalue weighted by Crippen LogP contribution is -2.42. The van der Waals surface area contributed by atoms with Crippen molar-refractivity contribution < 1.29 is 13.2 Å². The van der Waals surface area contributed by atoms with Gasteiger partial charge in [0.15, 0.2) is 5.96 Å². The quantitative estimate of drug-likeness (QED) is 0.175. The molecule has 3 N–H and O–H groups in total. The number of nitrogens with one attached hydrogen (secondary N) is 3. The zero-order valence-electron chi connectivity index (χ0n) is 17.4. The predicted molar refractivity (Wildman–Crippen MR) is 128 cm³/mol. The summed E-state index contributed by atoms with van der Waals surface area (Å²) < 4.78 is 32.4. The number of benzene rings is 1. The fourth-order valence-corrected chi connectivity index (χ4v) is 4.62. The minimum absolute atomic E-state index is 0. The first-order valence-corrected chi connectivity index (χ1v) is 11.6. The van der Waals surface area contributed by atoms with Crippen molar-refractivity contribution in [2.45, 2.75) is 43.9 Å². The first kappa shape index (κ1) is 26.1. The van der Waals surface area contributed by atoms with Crippen molar-refractivity contribution in [3.8, 4) is 0 Å². The van der Waals surface area contributed by atoms with Crippen molar-refractivity contribution in [3.63, 3.8) is 0 Å². The van der Waals surface area contributed by atoms with E-state index in [0.29, 0.717) is 6.54 Å². The molecule has 0 unspecified atom stereocenters. The van der Waals surface area contributed by atoms with Gasteiger partial charge in [-0.2, -0.15) is 0 Å². The molecule has 0 atom stereocenters. The smallest absolute Gasteiger partial charge is 0.240 e. The SMILES string of the molecule is CCNC(=NCC1(CCOC)CCCC1)NCCNS(=O)(=O)c1ccccc1.I. The van der Waals surface area contributed by atoms with Gasteiger partial charge in [0.05, 0.1) is 4.90 Å². The summed E-state index contributed by atoms with van der Waals surface area (Å²) in [7, 11) is -1.74. The van der Waals surface area contributed by atoms with E-state index in [2.05, 4.69) is 15.4 Å². The van der Waals surface area contributed by atoms with Crippen molar-refractivity contribution in [1.82, 2.24) is 15.4 Å². The van der Waals surface area contributed by atoms with E-state index in [1.54, 1.807) is 37.4 Å². The van der Waals surface area contributed by atoms with Gasteiger partial charge in [-0.1, -0.05) is 31.0 Å². The Balaban J connectivity index is 0.00000420. The van der Waals surface area contributed by atoms with Crippen LogP contribution in [0.3, 0.4) is 0 Å². The molecule has 1 fully saturated rings. The number of aliphatic imine (C=N–C) groups is 1. The number of nitrogens with zero attached hydrogens (tertiary/aromatic N) is 1. The second-order valence-electron chi connectivity index (χ2n) is 7.28. The molecule has 166 valence electrons. The maximum Gasteiger partial charge on any atom is 0.240 e. The average Bonchev–Trinajstić information content (AvgIpc) is 3.17. The lowest BCUT2D eigenvalue weighted by molar-refractivity contribution is 0.141. The fraction of sp³-hybridized carbons (Fsp3) is 0.650. The van der Waals surface area contributed by atoms with Crippen molar-refractivity contribution in [3.05, 3.63) is 30.3 Å². The van der Waals surface area contributed by atoms with Crippen LogP contribution in [-0.2, 0) is 14.8 Å². The molecule has 29 heavy (non-hydrogen) atoms. The Hall–Kier alpha value is -0.910. The van der Waals surface area contributed by atoms with Gasteiger partial charge in [0.2, 0.25) is 10.0 Å². The zero-order chi connectivity index (χ0) is 20.3. The predicted octanol–water partition coefficient (Wildman–Crippen LogP) is 2.73. The summed E-state index contributed by atoms with van der Waals surface area (Å²) in [6, 6.07) is 8.39. The molecule has 0 amide bonds. The van der Waals surface area contributed by atoms with E-state index in [1.165, 1.54) is 25.7 Å². The van der Waals surface area contributed by atoms with Crippen LogP contribution in [0.4, 0.5) is 0 Å². The van der Waals surface area contributed by atoms with Crippen molar-refractivity contribution in [2.24, 2.45) is 10.4 Å². The lowest BCUT2D eigenvalue weighted by Gasteiger charge is -2.27. The Kier molecular flexibility index (Phi) is 12.1. The maximum absolute atomic E-state index is 12.2. The van der Waals surface area contributed by atoms with Gasteiger partial charge in [-0.05, 0) is 43.7 Å². The molecular weight excluding hydrogens is 503 g/mol. The Morgan fingerprint density at radius 1 is 1.14 bits per heavy atom. The van der Waals surface area contributed by atoms with Crippen LogP contribution >= 0.6 is 24.0 Å². The molecule has 9 heteroatoms. The van der Waals surface area contributed by atoms with Crippen LogP contribution in [0.5, 0.6) is 0 Å². The monoisotopic (exact) mass is 538 g/mol. The second kappa shape index (κ2) is 13.4. The van der Waals surface area contributed by atoms with Crippen LogP contribution in [0.2, 0.25) is 0 Å². The Morgan fingerprint density at radius 3 is 2.45 bits per heavy atom. The summed E-state index contributed by atoms with van der Waals surface area (Å²) in [5, 5.41) is 6.46. The Morgan fingerprint density at radius 2 is 1.83 bits per heavy atom. The highest BCUT2D eigenvalue weighted by atomic mass is 127. The van der Waals surface area contributed by atoms with Crippen LogP contribution < -0.4 is 15.4 Å². The second-order valence-corrected chi connectivity index (χ2v) is 9.05. The summed E-state index contributed by atoms with van der Waals surface area (Å²) in [5.41, 5.74) is 0.229. The molecule has 0 heterocycles. The minimum atomic E-state index is -3.48. The lowest BCUT2D eigenvalue weighted by atomic mass is 9.83. The molecule has 0 spiro atoms. The number of ether oxygens (including phenoxy) is 1. The van der Waals surface area contributed by atoms with Gasteiger partial charge in [0.1, 0.15) is 0 Å². The third-order valence-electron chi connectivity index (χ3n) is 5.18. The number of rotatable bonds is 11. The Labute approximate surface area is 192 Å². The number of hydrogen-bond acceptors (Lipinski definition) is 4. The largest absolute Gasteiger partial charge is 0.385 e. The fourth-order valence-electron chi connectivity index (χ4n) is 3.57. The third kappa shape index (κ3) is 8.77. The standard InChI is InChI=1S/C20H34N4O3S.HI/c1-3-21-19(23-17-20(13-16-27-2)11-7-8-12-20)22-14-15-24-28(25,26)18-9-5-4-6-10-18;/h4-6,9-10,24H,3,7-8,11-17H2,1-2H3,(H2,21,22,23);1H. The molecule has 0 radical (unpaired) electrons. The highest BCUT2D eigenvalue weighted by Gasteiger charge is 2.33. The number of halogens is 1. The number of sulfonamides is 1. The van der Waals surface area contributed by atoms with E-state index in [9.17, 15) is 8.42 Å². The minimum Gasteiger partial charge on any atom is -0.385 e. The van der Waals surface area contributed by atoms with E-state index in [-0.39, 0.29) is 40.8 Å². The third-order valence-corrected chi connectivity index (χ3v) is 6.66. The molecule has 1 saturated carbocycles. The van der Waals surface area contributed by atoms with Gasteiger partial charge in [-0.3, -0.25) is 4.99 Å². The highest BCUT2D eigenvalue weighted by Crippen LogP contribution is 2.41. The molecule has 0 saturated heterocycles. The summed E-state index contributed by atoms with van der Waals surface area (Å²) in [6.07, 6.45) is 5.92. The summed E-state index contributed by atoms with van der Waals surface area (Å²) in [5.74, 6) is 0.727. The zero-order valence-corrected chi connectivity index (χ0v) is 20.6. The maximum atomic E-state index is 12.2. The first-order chi connectivity index (χ1) is 13.5. The van der Waals surface area contributed by atoms with Gasteiger partial charge < -0.3 is 15.4 Å². The van der Waals surface area contributed by atoms with Crippen LogP contribution in [0, 0.1) is 5.41 Å². The van der Waals surface area contributed by atoms with E-state index >= 15 is 0 Å².